The Hall–Kier alpha value is -2.17. The summed E-state index contributed by atoms with van der Waals surface area (Å²) in [7, 11) is 0. The van der Waals surface area contributed by atoms with Crippen LogP contribution < -0.4 is 5.32 Å². The number of halogens is 1. The lowest BCUT2D eigenvalue weighted by Gasteiger charge is -2.07. The SMILES string of the molecule is Cc1noc(C(C)C)c1C(=O)NC1CC1c1cccc(F)c1. The predicted octanol–water partition coefficient (Wildman–Crippen LogP) is 3.53. The predicted molar refractivity (Wildman–Crippen MR) is 80.3 cm³/mol. The van der Waals surface area contributed by atoms with Crippen LogP contribution in [0.1, 0.15) is 59.5 Å². The van der Waals surface area contributed by atoms with Crippen molar-refractivity contribution in [2.75, 3.05) is 0 Å². The maximum atomic E-state index is 13.3. The molecule has 1 aromatic carbocycles. The number of benzene rings is 1. The third-order valence-corrected chi connectivity index (χ3v) is 4.02. The first kappa shape index (κ1) is 14.8. The largest absolute Gasteiger partial charge is 0.360 e. The fourth-order valence-corrected chi connectivity index (χ4v) is 2.76. The normalized spacial score (nSPS) is 20.2. The number of rotatable bonds is 4. The molecule has 0 saturated heterocycles. The van der Waals surface area contributed by atoms with Gasteiger partial charge in [0.05, 0.1) is 5.69 Å². The standard InChI is InChI=1S/C17H19FN2O2/c1-9(2)16-15(10(3)20-22-16)17(21)19-14-8-13(14)11-5-4-6-12(18)7-11/h4-7,9,13-14H,8H2,1-3H3,(H,19,21). The van der Waals surface area contributed by atoms with E-state index in [4.69, 9.17) is 4.52 Å². The van der Waals surface area contributed by atoms with E-state index in [-0.39, 0.29) is 29.6 Å². The summed E-state index contributed by atoms with van der Waals surface area (Å²) in [5, 5.41) is 6.89. The average Bonchev–Trinajstić information content (AvgIpc) is 3.10. The molecule has 5 heteroatoms. The van der Waals surface area contributed by atoms with Crippen LogP contribution >= 0.6 is 0 Å². The van der Waals surface area contributed by atoms with Crippen LogP contribution in [-0.2, 0) is 0 Å². The minimum atomic E-state index is -0.244. The van der Waals surface area contributed by atoms with Crippen LogP contribution in [0.25, 0.3) is 0 Å². The Morgan fingerprint density at radius 3 is 2.91 bits per heavy atom. The molecule has 22 heavy (non-hydrogen) atoms. The van der Waals surface area contributed by atoms with E-state index in [9.17, 15) is 9.18 Å². The van der Waals surface area contributed by atoms with Crippen LogP contribution in [0, 0.1) is 12.7 Å². The average molecular weight is 302 g/mol. The first-order valence-electron chi connectivity index (χ1n) is 7.50. The van der Waals surface area contributed by atoms with E-state index in [0.29, 0.717) is 17.0 Å². The van der Waals surface area contributed by atoms with Crippen molar-refractivity contribution in [3.63, 3.8) is 0 Å². The Labute approximate surface area is 128 Å². The molecule has 0 radical (unpaired) electrons. The summed E-state index contributed by atoms with van der Waals surface area (Å²) in [6, 6.07) is 6.59. The lowest BCUT2D eigenvalue weighted by Crippen LogP contribution is -2.27. The molecule has 0 aliphatic heterocycles. The summed E-state index contributed by atoms with van der Waals surface area (Å²) in [6.45, 7) is 5.69. The number of nitrogens with zero attached hydrogens (tertiary/aromatic N) is 1. The first-order valence-corrected chi connectivity index (χ1v) is 7.50. The number of carbonyl (C=O) groups excluding carboxylic acids is 1. The van der Waals surface area contributed by atoms with Crippen LogP contribution in [0.3, 0.4) is 0 Å². The fraction of sp³-hybridized carbons (Fsp3) is 0.412. The van der Waals surface area contributed by atoms with Crippen LogP contribution in [0.4, 0.5) is 4.39 Å². The molecule has 4 nitrogen and oxygen atoms in total. The zero-order valence-corrected chi connectivity index (χ0v) is 12.9. The summed E-state index contributed by atoms with van der Waals surface area (Å²) < 4.78 is 18.5. The molecule has 1 aromatic heterocycles. The van der Waals surface area contributed by atoms with Gasteiger partial charge in [0.15, 0.2) is 5.76 Å². The Kier molecular flexibility index (Phi) is 3.72. The maximum absolute atomic E-state index is 13.3. The van der Waals surface area contributed by atoms with E-state index >= 15 is 0 Å². The summed E-state index contributed by atoms with van der Waals surface area (Å²) >= 11 is 0. The minimum Gasteiger partial charge on any atom is -0.360 e. The van der Waals surface area contributed by atoms with Crippen molar-refractivity contribution in [2.45, 2.75) is 45.1 Å². The van der Waals surface area contributed by atoms with Gasteiger partial charge < -0.3 is 9.84 Å². The molecule has 1 N–H and O–H groups in total. The smallest absolute Gasteiger partial charge is 0.257 e. The highest BCUT2D eigenvalue weighted by atomic mass is 19.1. The highest BCUT2D eigenvalue weighted by molar-refractivity contribution is 5.96. The molecule has 1 fully saturated rings. The molecule has 1 saturated carbocycles. The second-order valence-electron chi connectivity index (χ2n) is 6.14. The molecule has 1 aliphatic carbocycles. The van der Waals surface area contributed by atoms with E-state index in [1.54, 1.807) is 13.0 Å². The second kappa shape index (κ2) is 5.55. The first-order chi connectivity index (χ1) is 10.5. The summed E-state index contributed by atoms with van der Waals surface area (Å²) in [4.78, 5) is 12.5. The molecule has 0 spiro atoms. The summed E-state index contributed by atoms with van der Waals surface area (Å²) in [6.07, 6.45) is 0.830. The number of carbonyl (C=O) groups is 1. The van der Waals surface area contributed by atoms with Gasteiger partial charge in [-0.15, -0.1) is 0 Å². The second-order valence-corrected chi connectivity index (χ2v) is 6.14. The van der Waals surface area contributed by atoms with Gasteiger partial charge in [-0.05, 0) is 31.0 Å². The number of amides is 1. The summed E-state index contributed by atoms with van der Waals surface area (Å²) in [5.41, 5.74) is 2.06. The van der Waals surface area contributed by atoms with Crippen LogP contribution in [0.5, 0.6) is 0 Å². The molecule has 116 valence electrons. The van der Waals surface area contributed by atoms with Gasteiger partial charge in [-0.3, -0.25) is 4.79 Å². The monoisotopic (exact) mass is 302 g/mol. The minimum absolute atomic E-state index is 0.0450. The number of aromatic nitrogens is 1. The van der Waals surface area contributed by atoms with Gasteiger partial charge in [-0.2, -0.15) is 0 Å². The third-order valence-electron chi connectivity index (χ3n) is 4.02. The van der Waals surface area contributed by atoms with E-state index in [1.807, 2.05) is 19.9 Å². The van der Waals surface area contributed by atoms with Gasteiger partial charge in [0.1, 0.15) is 11.4 Å². The molecular formula is C17H19FN2O2. The topological polar surface area (TPSA) is 55.1 Å². The van der Waals surface area contributed by atoms with Gasteiger partial charge in [0.25, 0.3) is 5.91 Å². The Bertz CT molecular complexity index is 708. The van der Waals surface area contributed by atoms with E-state index < -0.39 is 0 Å². The van der Waals surface area contributed by atoms with Crippen molar-refractivity contribution in [2.24, 2.45) is 0 Å². The third kappa shape index (κ3) is 2.75. The lowest BCUT2D eigenvalue weighted by molar-refractivity contribution is 0.0947. The molecule has 1 heterocycles. The molecule has 3 rings (SSSR count). The highest BCUT2D eigenvalue weighted by Gasteiger charge is 2.40. The zero-order valence-electron chi connectivity index (χ0n) is 12.9. The molecule has 1 amide bonds. The van der Waals surface area contributed by atoms with Crippen molar-refractivity contribution in [1.29, 1.82) is 0 Å². The molecule has 2 atom stereocenters. The van der Waals surface area contributed by atoms with Crippen LogP contribution in [-0.4, -0.2) is 17.1 Å². The number of hydrogen-bond donors (Lipinski definition) is 1. The van der Waals surface area contributed by atoms with Gasteiger partial charge in [0, 0.05) is 17.9 Å². The van der Waals surface area contributed by atoms with Gasteiger partial charge in [-0.1, -0.05) is 31.1 Å². The number of nitrogens with one attached hydrogen (secondary N) is 1. The Balaban J connectivity index is 1.71. The number of hydrogen-bond acceptors (Lipinski definition) is 3. The van der Waals surface area contributed by atoms with Crippen molar-refractivity contribution in [3.8, 4) is 0 Å². The Morgan fingerprint density at radius 1 is 1.45 bits per heavy atom. The van der Waals surface area contributed by atoms with Crippen molar-refractivity contribution >= 4 is 5.91 Å². The number of aryl methyl sites for hydroxylation is 1. The fourth-order valence-electron chi connectivity index (χ4n) is 2.76. The van der Waals surface area contributed by atoms with E-state index in [2.05, 4.69) is 10.5 Å². The molecular weight excluding hydrogens is 283 g/mol. The van der Waals surface area contributed by atoms with Crippen molar-refractivity contribution in [1.82, 2.24) is 10.5 Å². The quantitative estimate of drug-likeness (QED) is 0.940. The molecule has 1 aliphatic rings. The molecule has 2 unspecified atom stereocenters. The van der Waals surface area contributed by atoms with E-state index in [1.165, 1.54) is 12.1 Å². The molecule has 0 bridgehead atoms. The Morgan fingerprint density at radius 2 is 2.23 bits per heavy atom. The van der Waals surface area contributed by atoms with Crippen LogP contribution in [0.2, 0.25) is 0 Å². The highest BCUT2D eigenvalue weighted by Crippen LogP contribution is 2.41. The van der Waals surface area contributed by atoms with Crippen LogP contribution in [0.15, 0.2) is 28.8 Å². The lowest BCUT2D eigenvalue weighted by atomic mass is 10.0. The van der Waals surface area contributed by atoms with Gasteiger partial charge in [-0.25, -0.2) is 4.39 Å². The van der Waals surface area contributed by atoms with Gasteiger partial charge >= 0.3 is 0 Å². The zero-order chi connectivity index (χ0) is 15.9. The molecule has 2 aromatic rings. The van der Waals surface area contributed by atoms with Crippen molar-refractivity contribution in [3.05, 3.63) is 52.7 Å². The maximum Gasteiger partial charge on any atom is 0.257 e. The van der Waals surface area contributed by atoms with E-state index in [0.717, 1.165) is 12.0 Å². The van der Waals surface area contributed by atoms with Gasteiger partial charge in [0.2, 0.25) is 0 Å². The summed E-state index contributed by atoms with van der Waals surface area (Å²) in [5.74, 6) is 0.484. The van der Waals surface area contributed by atoms with Crippen molar-refractivity contribution < 1.29 is 13.7 Å².